The third kappa shape index (κ3) is 9.88. The van der Waals surface area contributed by atoms with Gasteiger partial charge in [-0.25, -0.2) is 0 Å². The Morgan fingerprint density at radius 3 is 1.96 bits per heavy atom. The number of aliphatic hydroxyl groups is 1. The molecule has 52 heavy (non-hydrogen) atoms. The summed E-state index contributed by atoms with van der Waals surface area (Å²) in [6.45, 7) is 15.3. The first-order valence-electron chi connectivity index (χ1n) is 17.3. The maximum Gasteiger partial charge on any atom is 0.164 e. The first-order valence-corrected chi connectivity index (χ1v) is 17.3. The second kappa shape index (κ2) is 17.0. The molecule has 5 aromatic carbocycles. The Hall–Kier alpha value is -4.96. The zero-order valence-corrected chi connectivity index (χ0v) is 33.6. The van der Waals surface area contributed by atoms with Crippen LogP contribution in [0.15, 0.2) is 133 Å². The molecule has 0 saturated heterocycles. The van der Waals surface area contributed by atoms with Gasteiger partial charge in [-0.2, -0.15) is 0 Å². The third-order valence-electron chi connectivity index (χ3n) is 8.50. The Labute approximate surface area is 322 Å². The van der Waals surface area contributed by atoms with Crippen LogP contribution in [0.2, 0.25) is 0 Å². The van der Waals surface area contributed by atoms with Crippen molar-refractivity contribution in [1.29, 1.82) is 0 Å². The van der Waals surface area contributed by atoms with Crippen molar-refractivity contribution in [3.8, 4) is 22.5 Å². The predicted octanol–water partition coefficient (Wildman–Crippen LogP) is 12.3. The standard InChI is InChI=1S/C25H18N.C11H8N.C11H20O2.Ir/c1-16-13-17(2)15-19(14-16)25-24-10-9-21-20-6-4-3-5-18(20)7-8-22(21)23(24)11-12-26-25;1-2-6-10(7-3-1)11-8-4-5-9-12-11;1-10(2,3)8(12)7-9(13)11(4,5)6;/h3-14H,1-2H3;1-6,8-9H;7,12H,1-6H3;/q2*-1;;/b;;8-7-;. The SMILES string of the molecule is CC(C)(C)C(=O)/C=C(\O)C(C)(C)C.Cc1[c-]c(-c2nccc3c2ccc2c4ccccc4ccc32)cc(C)c1.[Ir].[c-]1ccccc1-c1ccccn1. The Bertz CT molecular complexity index is 2260. The molecule has 0 bridgehead atoms. The van der Waals surface area contributed by atoms with Crippen molar-refractivity contribution in [3.05, 3.63) is 157 Å². The van der Waals surface area contributed by atoms with Crippen LogP contribution in [0, 0.1) is 36.8 Å². The Morgan fingerprint density at radius 2 is 1.31 bits per heavy atom. The minimum atomic E-state index is -0.417. The molecule has 0 spiro atoms. The maximum atomic E-state index is 11.5. The summed E-state index contributed by atoms with van der Waals surface area (Å²) in [5.74, 6) is 0.104. The van der Waals surface area contributed by atoms with Gasteiger partial charge in [0, 0.05) is 49.4 Å². The molecule has 7 rings (SSSR count). The molecule has 0 aliphatic carbocycles. The largest absolute Gasteiger partial charge is 0.512 e. The zero-order valence-electron chi connectivity index (χ0n) is 31.2. The van der Waals surface area contributed by atoms with Crippen LogP contribution >= 0.6 is 0 Å². The third-order valence-corrected chi connectivity index (χ3v) is 8.50. The number of rotatable bonds is 3. The van der Waals surface area contributed by atoms with Gasteiger partial charge in [0.2, 0.25) is 0 Å². The van der Waals surface area contributed by atoms with Gasteiger partial charge in [-0.15, -0.1) is 70.8 Å². The topological polar surface area (TPSA) is 63.1 Å². The molecule has 5 heteroatoms. The fourth-order valence-electron chi connectivity index (χ4n) is 5.62. The van der Waals surface area contributed by atoms with E-state index in [1.165, 1.54) is 44.0 Å². The number of carbonyl (C=O) groups is 1. The second-order valence-corrected chi connectivity index (χ2v) is 14.8. The van der Waals surface area contributed by atoms with Gasteiger partial charge >= 0.3 is 0 Å². The van der Waals surface area contributed by atoms with Gasteiger partial charge in [-0.1, -0.05) is 116 Å². The van der Waals surface area contributed by atoms with Gasteiger partial charge in [0.15, 0.2) is 5.78 Å². The Kier molecular flexibility index (Phi) is 13.0. The predicted molar refractivity (Wildman–Crippen MR) is 214 cm³/mol. The minimum absolute atomic E-state index is 0. The van der Waals surface area contributed by atoms with E-state index in [2.05, 4.69) is 97.7 Å². The van der Waals surface area contributed by atoms with E-state index in [0.717, 1.165) is 28.1 Å². The van der Waals surface area contributed by atoms with Gasteiger partial charge in [0.1, 0.15) is 5.76 Å². The van der Waals surface area contributed by atoms with Crippen LogP contribution in [0.1, 0.15) is 52.7 Å². The molecule has 0 fully saturated rings. The number of hydrogen-bond acceptors (Lipinski definition) is 4. The van der Waals surface area contributed by atoms with Gasteiger partial charge < -0.3 is 15.1 Å². The Morgan fingerprint density at radius 1 is 0.654 bits per heavy atom. The first kappa shape index (κ1) is 39.8. The summed E-state index contributed by atoms with van der Waals surface area (Å²) in [5, 5.41) is 17.1. The van der Waals surface area contributed by atoms with Crippen molar-refractivity contribution in [2.24, 2.45) is 10.8 Å². The fourth-order valence-corrected chi connectivity index (χ4v) is 5.62. The van der Waals surface area contributed by atoms with Gasteiger partial charge in [0.25, 0.3) is 0 Å². The molecule has 1 N–H and O–H groups in total. The first-order chi connectivity index (χ1) is 24.2. The molecule has 0 atom stereocenters. The minimum Gasteiger partial charge on any atom is -0.512 e. The van der Waals surface area contributed by atoms with E-state index >= 15 is 0 Å². The van der Waals surface area contributed by atoms with Crippen molar-refractivity contribution in [3.63, 3.8) is 0 Å². The number of allylic oxidation sites excluding steroid dienone is 2. The van der Waals surface area contributed by atoms with E-state index in [-0.39, 0.29) is 37.1 Å². The molecule has 0 aliphatic rings. The number of fused-ring (bicyclic) bond motifs is 5. The summed E-state index contributed by atoms with van der Waals surface area (Å²) < 4.78 is 0. The molecule has 0 amide bonds. The molecular formula is C47H46IrN2O2-2. The molecule has 1 radical (unpaired) electrons. The van der Waals surface area contributed by atoms with Crippen molar-refractivity contribution < 1.29 is 30.0 Å². The normalized spacial score (nSPS) is 11.6. The van der Waals surface area contributed by atoms with Gasteiger partial charge in [-0.05, 0) is 55.8 Å². The average Bonchev–Trinajstić information content (AvgIpc) is 3.11. The van der Waals surface area contributed by atoms with E-state index in [0.29, 0.717) is 0 Å². The fraction of sp³-hybridized carbons (Fsp3) is 0.213. The molecule has 0 unspecified atom stereocenters. The maximum absolute atomic E-state index is 11.5. The van der Waals surface area contributed by atoms with Crippen LogP contribution in [0.5, 0.6) is 0 Å². The van der Waals surface area contributed by atoms with Crippen LogP contribution in [0.25, 0.3) is 54.8 Å². The quantitative estimate of drug-likeness (QED) is 0.0832. The smallest absolute Gasteiger partial charge is 0.164 e. The molecule has 2 heterocycles. The number of nitrogens with zero attached hydrogens (tertiary/aromatic N) is 2. The van der Waals surface area contributed by atoms with Crippen molar-refractivity contribution in [1.82, 2.24) is 9.97 Å². The van der Waals surface area contributed by atoms with E-state index in [9.17, 15) is 9.90 Å². The number of carbonyl (C=O) groups excluding carboxylic acids is 1. The number of hydrogen-bond donors (Lipinski definition) is 1. The summed E-state index contributed by atoms with van der Waals surface area (Å²) >= 11 is 0. The summed E-state index contributed by atoms with van der Waals surface area (Å²) in [4.78, 5) is 20.4. The molecule has 4 nitrogen and oxygen atoms in total. The number of ketones is 1. The summed E-state index contributed by atoms with van der Waals surface area (Å²) in [7, 11) is 0. The molecule has 7 aromatic rings. The Balaban J connectivity index is 0.000000197. The molecule has 0 aliphatic heterocycles. The van der Waals surface area contributed by atoms with Crippen LogP contribution in [-0.2, 0) is 24.9 Å². The molecule has 0 saturated carbocycles. The van der Waals surface area contributed by atoms with Crippen molar-refractivity contribution in [2.75, 3.05) is 0 Å². The van der Waals surface area contributed by atoms with E-state index in [1.54, 1.807) is 6.20 Å². The van der Waals surface area contributed by atoms with Crippen LogP contribution in [0.3, 0.4) is 0 Å². The van der Waals surface area contributed by atoms with E-state index < -0.39 is 5.41 Å². The average molecular weight is 863 g/mol. The summed E-state index contributed by atoms with van der Waals surface area (Å²) in [5.41, 5.74) is 5.70. The summed E-state index contributed by atoms with van der Waals surface area (Å²) in [6.07, 6.45) is 5.04. The monoisotopic (exact) mass is 863 g/mol. The number of benzene rings is 5. The van der Waals surface area contributed by atoms with Gasteiger partial charge in [-0.3, -0.25) is 4.79 Å². The van der Waals surface area contributed by atoms with E-state index in [4.69, 9.17) is 4.98 Å². The molecule has 2 aromatic heterocycles. The molecule has 267 valence electrons. The number of aliphatic hydroxyl groups excluding tert-OH is 1. The number of pyridine rings is 2. The van der Waals surface area contributed by atoms with Gasteiger partial charge in [0.05, 0.1) is 0 Å². The van der Waals surface area contributed by atoms with Crippen molar-refractivity contribution >= 4 is 38.1 Å². The zero-order chi connectivity index (χ0) is 36.8. The van der Waals surface area contributed by atoms with Crippen LogP contribution in [0.4, 0.5) is 0 Å². The van der Waals surface area contributed by atoms with Crippen LogP contribution < -0.4 is 0 Å². The van der Waals surface area contributed by atoms with E-state index in [1.807, 2.05) is 90.2 Å². The van der Waals surface area contributed by atoms with Crippen LogP contribution in [-0.4, -0.2) is 20.9 Å². The summed E-state index contributed by atoms with van der Waals surface area (Å²) in [6, 6.07) is 44.2. The van der Waals surface area contributed by atoms with Crippen molar-refractivity contribution in [2.45, 2.75) is 55.4 Å². The second-order valence-electron chi connectivity index (χ2n) is 14.8. The number of aryl methyl sites for hydroxylation is 2. The molecular weight excluding hydrogens is 817 g/mol. The number of aromatic nitrogens is 2.